The summed E-state index contributed by atoms with van der Waals surface area (Å²) in [5, 5.41) is 8.93. The first-order valence-corrected chi connectivity index (χ1v) is 5.42. The second-order valence-corrected chi connectivity index (χ2v) is 5.24. The molecule has 1 aromatic rings. The van der Waals surface area contributed by atoms with Crippen LogP contribution in [-0.2, 0) is 12.8 Å². The fourth-order valence-electron chi connectivity index (χ4n) is 3.39. The number of hydrogen-bond donors (Lipinski definition) is 1. The molecule has 0 amide bonds. The van der Waals surface area contributed by atoms with Gasteiger partial charge in [-0.2, -0.15) is 5.26 Å². The molecular formula is C13H14N2. The van der Waals surface area contributed by atoms with Crippen molar-refractivity contribution >= 4 is 0 Å². The molecule has 0 unspecified atom stereocenters. The van der Waals surface area contributed by atoms with Gasteiger partial charge < -0.3 is 5.73 Å². The second-order valence-electron chi connectivity index (χ2n) is 5.24. The molecule has 76 valence electrons. The lowest BCUT2D eigenvalue weighted by molar-refractivity contribution is 0.0744. The van der Waals surface area contributed by atoms with Crippen LogP contribution in [0.25, 0.3) is 0 Å². The summed E-state index contributed by atoms with van der Waals surface area (Å²) in [6, 6.07) is 10.8. The van der Waals surface area contributed by atoms with Crippen molar-refractivity contribution in [1.29, 1.82) is 5.26 Å². The maximum Gasteiger partial charge on any atom is 0.105 e. The number of benzene rings is 1. The Morgan fingerprint density at radius 2 is 1.67 bits per heavy atom. The summed E-state index contributed by atoms with van der Waals surface area (Å²) in [4.78, 5) is 0. The average molecular weight is 198 g/mol. The highest BCUT2D eigenvalue weighted by molar-refractivity contribution is 5.38. The van der Waals surface area contributed by atoms with Gasteiger partial charge in [0, 0.05) is 0 Å². The number of hydrogen-bond acceptors (Lipinski definition) is 2. The van der Waals surface area contributed by atoms with E-state index in [1.165, 1.54) is 11.1 Å². The van der Waals surface area contributed by atoms with E-state index in [9.17, 15) is 0 Å². The highest BCUT2D eigenvalue weighted by atomic mass is 14.8. The Bertz CT molecular complexity index is 423. The Hall–Kier alpha value is -1.33. The molecule has 0 aromatic heterocycles. The van der Waals surface area contributed by atoms with Gasteiger partial charge in [0.1, 0.15) is 5.54 Å². The molecular weight excluding hydrogens is 184 g/mol. The number of nitriles is 1. The van der Waals surface area contributed by atoms with E-state index in [-0.39, 0.29) is 0 Å². The van der Waals surface area contributed by atoms with Crippen molar-refractivity contribution in [1.82, 2.24) is 0 Å². The van der Waals surface area contributed by atoms with Gasteiger partial charge in [0.05, 0.1) is 6.07 Å². The number of nitrogens with zero attached hydrogens (tertiary/aromatic N) is 1. The van der Waals surface area contributed by atoms with Crippen molar-refractivity contribution in [2.45, 2.75) is 31.2 Å². The smallest absolute Gasteiger partial charge is 0.105 e. The van der Waals surface area contributed by atoms with E-state index in [1.54, 1.807) is 0 Å². The molecule has 2 aliphatic carbocycles. The topological polar surface area (TPSA) is 49.8 Å². The molecule has 3 rings (SSSR count). The summed E-state index contributed by atoms with van der Waals surface area (Å²) in [7, 11) is 0. The highest BCUT2D eigenvalue weighted by Gasteiger charge is 2.54. The van der Waals surface area contributed by atoms with Crippen LogP contribution >= 0.6 is 0 Å². The van der Waals surface area contributed by atoms with Crippen molar-refractivity contribution in [3.8, 4) is 6.07 Å². The van der Waals surface area contributed by atoms with E-state index >= 15 is 0 Å². The standard InChI is InChI=1S/C13H14N2/c14-9-13(15)7-12(8-13)5-10-3-1-2-4-11(10)6-12/h1-4H,5-8,15H2. The molecule has 1 saturated carbocycles. The molecule has 15 heavy (non-hydrogen) atoms. The zero-order chi connectivity index (χ0) is 10.5. The lowest BCUT2D eigenvalue weighted by atomic mass is 9.57. The van der Waals surface area contributed by atoms with E-state index in [1.807, 2.05) is 0 Å². The van der Waals surface area contributed by atoms with Gasteiger partial charge in [0.2, 0.25) is 0 Å². The zero-order valence-corrected chi connectivity index (χ0v) is 8.66. The van der Waals surface area contributed by atoms with Gasteiger partial charge in [-0.05, 0) is 42.2 Å². The van der Waals surface area contributed by atoms with Gasteiger partial charge >= 0.3 is 0 Å². The van der Waals surface area contributed by atoms with Crippen molar-refractivity contribution in [2.24, 2.45) is 11.1 Å². The molecule has 0 aliphatic heterocycles. The lowest BCUT2D eigenvalue weighted by Gasteiger charge is -2.48. The predicted octanol–water partition coefficient (Wildman–Crippen LogP) is 1.79. The molecule has 0 bridgehead atoms. The summed E-state index contributed by atoms with van der Waals surface area (Å²) < 4.78 is 0. The summed E-state index contributed by atoms with van der Waals surface area (Å²) in [6.45, 7) is 0. The maximum absolute atomic E-state index is 8.93. The fourth-order valence-corrected chi connectivity index (χ4v) is 3.39. The first-order chi connectivity index (χ1) is 7.15. The van der Waals surface area contributed by atoms with Gasteiger partial charge in [0.15, 0.2) is 0 Å². The van der Waals surface area contributed by atoms with Crippen LogP contribution in [0, 0.1) is 16.7 Å². The van der Waals surface area contributed by atoms with Crippen LogP contribution < -0.4 is 5.73 Å². The quantitative estimate of drug-likeness (QED) is 0.691. The Balaban J connectivity index is 1.85. The minimum absolute atomic E-state index is 0.314. The Kier molecular flexibility index (Phi) is 1.56. The number of rotatable bonds is 0. The Morgan fingerprint density at radius 3 is 2.13 bits per heavy atom. The molecule has 0 atom stereocenters. The van der Waals surface area contributed by atoms with Crippen LogP contribution in [-0.4, -0.2) is 5.54 Å². The van der Waals surface area contributed by atoms with Gasteiger partial charge in [0.25, 0.3) is 0 Å². The third-order valence-corrected chi connectivity index (χ3v) is 3.85. The normalized spacial score (nSPS) is 24.3. The molecule has 2 nitrogen and oxygen atoms in total. The molecule has 2 N–H and O–H groups in total. The van der Waals surface area contributed by atoms with Gasteiger partial charge in [-0.3, -0.25) is 0 Å². The van der Waals surface area contributed by atoms with E-state index in [0.29, 0.717) is 5.41 Å². The van der Waals surface area contributed by atoms with Gasteiger partial charge in [-0.1, -0.05) is 24.3 Å². The van der Waals surface area contributed by atoms with Crippen LogP contribution in [0.1, 0.15) is 24.0 Å². The molecule has 0 heterocycles. The van der Waals surface area contributed by atoms with Crippen molar-refractivity contribution < 1.29 is 0 Å². The molecule has 1 spiro atoms. The minimum atomic E-state index is -0.540. The number of fused-ring (bicyclic) bond motifs is 1. The highest BCUT2D eigenvalue weighted by Crippen LogP contribution is 2.54. The number of nitrogens with two attached hydrogens (primary N) is 1. The first kappa shape index (κ1) is 8.94. The monoisotopic (exact) mass is 198 g/mol. The fraction of sp³-hybridized carbons (Fsp3) is 0.462. The summed E-state index contributed by atoms with van der Waals surface area (Å²) in [6.07, 6.45) is 3.96. The molecule has 0 radical (unpaired) electrons. The molecule has 1 aromatic carbocycles. The predicted molar refractivity (Wildman–Crippen MR) is 58.0 cm³/mol. The molecule has 2 aliphatic rings. The van der Waals surface area contributed by atoms with E-state index < -0.39 is 5.54 Å². The van der Waals surface area contributed by atoms with Crippen LogP contribution in [0.2, 0.25) is 0 Å². The lowest BCUT2D eigenvalue weighted by Crippen LogP contribution is -2.57. The van der Waals surface area contributed by atoms with Gasteiger partial charge in [-0.25, -0.2) is 0 Å². The minimum Gasteiger partial charge on any atom is -0.313 e. The summed E-state index contributed by atoms with van der Waals surface area (Å²) >= 11 is 0. The third-order valence-electron chi connectivity index (χ3n) is 3.85. The summed E-state index contributed by atoms with van der Waals surface area (Å²) in [5.41, 5.74) is 8.62. The summed E-state index contributed by atoms with van der Waals surface area (Å²) in [5.74, 6) is 0. The zero-order valence-electron chi connectivity index (χ0n) is 8.66. The Morgan fingerprint density at radius 1 is 1.13 bits per heavy atom. The molecule has 1 fully saturated rings. The molecule has 0 saturated heterocycles. The van der Waals surface area contributed by atoms with Crippen LogP contribution in [0.3, 0.4) is 0 Å². The van der Waals surface area contributed by atoms with Crippen LogP contribution in [0.15, 0.2) is 24.3 Å². The van der Waals surface area contributed by atoms with Crippen molar-refractivity contribution in [3.05, 3.63) is 35.4 Å². The first-order valence-electron chi connectivity index (χ1n) is 5.42. The Labute approximate surface area is 89.7 Å². The van der Waals surface area contributed by atoms with E-state index in [2.05, 4.69) is 30.3 Å². The second kappa shape index (κ2) is 2.62. The third kappa shape index (κ3) is 1.20. The van der Waals surface area contributed by atoms with E-state index in [0.717, 1.165) is 25.7 Å². The van der Waals surface area contributed by atoms with E-state index in [4.69, 9.17) is 11.0 Å². The van der Waals surface area contributed by atoms with Crippen LogP contribution in [0.5, 0.6) is 0 Å². The SMILES string of the molecule is N#CC1(N)CC2(Cc3ccccc3C2)C1. The average Bonchev–Trinajstić information content (AvgIpc) is 2.54. The largest absolute Gasteiger partial charge is 0.313 e. The van der Waals surface area contributed by atoms with Crippen LogP contribution in [0.4, 0.5) is 0 Å². The van der Waals surface area contributed by atoms with Crippen molar-refractivity contribution in [3.63, 3.8) is 0 Å². The van der Waals surface area contributed by atoms with Gasteiger partial charge in [-0.15, -0.1) is 0 Å². The maximum atomic E-state index is 8.93. The molecule has 2 heteroatoms. The van der Waals surface area contributed by atoms with Crippen molar-refractivity contribution in [2.75, 3.05) is 0 Å².